The quantitative estimate of drug-likeness (QED) is 0.530. The minimum Gasteiger partial charge on any atom is -0.497 e. The van der Waals surface area contributed by atoms with E-state index < -0.39 is 10.0 Å². The van der Waals surface area contributed by atoms with Gasteiger partial charge in [-0.2, -0.15) is 0 Å². The smallest absolute Gasteiger partial charge is 0.261 e. The Labute approximate surface area is 168 Å². The maximum absolute atomic E-state index is 12.5. The first-order valence-electron chi connectivity index (χ1n) is 8.21. The maximum Gasteiger partial charge on any atom is 0.261 e. The second-order valence-corrected chi connectivity index (χ2v) is 7.77. The summed E-state index contributed by atoms with van der Waals surface area (Å²) in [6.45, 7) is 0. The van der Waals surface area contributed by atoms with E-state index in [0.29, 0.717) is 22.2 Å². The Bertz CT molecular complexity index is 1040. The van der Waals surface area contributed by atoms with Crippen molar-refractivity contribution in [2.24, 2.45) is 0 Å². The standard InChI is InChI=1S/C19H18N4O3S2/c1-26-17-8-4-15(5-9-17)23-28(24,25)18-10-6-14(7-11-18)21-19(27)22-16-3-2-12-20-13-16/h2-13,23H,1H3,(H2,21,22,27). The largest absolute Gasteiger partial charge is 0.497 e. The van der Waals surface area contributed by atoms with Gasteiger partial charge in [-0.3, -0.25) is 9.71 Å². The number of anilines is 3. The summed E-state index contributed by atoms with van der Waals surface area (Å²) in [5, 5.41) is 6.36. The van der Waals surface area contributed by atoms with Gasteiger partial charge >= 0.3 is 0 Å². The van der Waals surface area contributed by atoms with Gasteiger partial charge in [0, 0.05) is 17.6 Å². The van der Waals surface area contributed by atoms with E-state index in [1.165, 1.54) is 12.1 Å². The van der Waals surface area contributed by atoms with Crippen molar-refractivity contribution in [2.45, 2.75) is 4.90 Å². The first-order valence-corrected chi connectivity index (χ1v) is 10.1. The number of nitrogens with one attached hydrogen (secondary N) is 3. The molecule has 1 heterocycles. The van der Waals surface area contributed by atoms with Crippen molar-refractivity contribution in [1.29, 1.82) is 0 Å². The van der Waals surface area contributed by atoms with Crippen LogP contribution in [-0.4, -0.2) is 25.6 Å². The van der Waals surface area contributed by atoms with Gasteiger partial charge in [0.2, 0.25) is 0 Å². The van der Waals surface area contributed by atoms with Crippen LogP contribution in [0.25, 0.3) is 0 Å². The van der Waals surface area contributed by atoms with Crippen LogP contribution in [0.2, 0.25) is 0 Å². The lowest BCUT2D eigenvalue weighted by Gasteiger charge is -2.12. The lowest BCUT2D eigenvalue weighted by Crippen LogP contribution is -2.19. The average Bonchev–Trinajstić information content (AvgIpc) is 2.69. The number of hydrogen-bond acceptors (Lipinski definition) is 5. The second-order valence-electron chi connectivity index (χ2n) is 5.68. The van der Waals surface area contributed by atoms with E-state index in [2.05, 4.69) is 20.3 Å². The molecule has 0 spiro atoms. The predicted octanol–water partition coefficient (Wildman–Crippen LogP) is 3.70. The van der Waals surface area contributed by atoms with Gasteiger partial charge < -0.3 is 15.4 Å². The van der Waals surface area contributed by atoms with Gasteiger partial charge in [0.25, 0.3) is 10.0 Å². The van der Waals surface area contributed by atoms with E-state index in [4.69, 9.17) is 17.0 Å². The van der Waals surface area contributed by atoms with Crippen molar-refractivity contribution in [3.63, 3.8) is 0 Å². The molecule has 0 aliphatic carbocycles. The Hall–Kier alpha value is -3.17. The lowest BCUT2D eigenvalue weighted by atomic mass is 10.3. The molecule has 2 aromatic carbocycles. The molecule has 0 bridgehead atoms. The van der Waals surface area contributed by atoms with Gasteiger partial charge in [-0.05, 0) is 72.9 Å². The van der Waals surface area contributed by atoms with Crippen LogP contribution < -0.4 is 20.1 Å². The predicted molar refractivity (Wildman–Crippen MR) is 114 cm³/mol. The number of pyridine rings is 1. The third-order valence-corrected chi connectivity index (χ3v) is 5.29. The fourth-order valence-corrected chi connectivity index (χ4v) is 3.62. The molecule has 0 radical (unpaired) electrons. The summed E-state index contributed by atoms with van der Waals surface area (Å²) in [4.78, 5) is 4.14. The molecule has 3 rings (SSSR count). The Morgan fingerprint density at radius 3 is 2.18 bits per heavy atom. The zero-order valence-electron chi connectivity index (χ0n) is 14.9. The zero-order valence-corrected chi connectivity index (χ0v) is 16.5. The number of aromatic nitrogens is 1. The number of hydrogen-bond donors (Lipinski definition) is 3. The van der Waals surface area contributed by atoms with E-state index in [1.54, 1.807) is 62.0 Å². The topological polar surface area (TPSA) is 92.3 Å². The van der Waals surface area contributed by atoms with Gasteiger partial charge in [0.05, 0.1) is 23.9 Å². The molecule has 0 saturated heterocycles. The fourth-order valence-electron chi connectivity index (χ4n) is 2.32. The van der Waals surface area contributed by atoms with Crippen LogP contribution in [0.15, 0.2) is 78.0 Å². The van der Waals surface area contributed by atoms with Crippen molar-refractivity contribution in [3.8, 4) is 5.75 Å². The number of methoxy groups -OCH3 is 1. The molecule has 0 amide bonds. The van der Waals surface area contributed by atoms with E-state index in [-0.39, 0.29) is 4.90 Å². The molecule has 0 saturated carbocycles. The summed E-state index contributed by atoms with van der Waals surface area (Å²) in [6.07, 6.45) is 3.31. The van der Waals surface area contributed by atoms with Crippen LogP contribution in [0.1, 0.15) is 0 Å². The molecule has 3 N–H and O–H groups in total. The van der Waals surface area contributed by atoms with Crippen molar-refractivity contribution in [1.82, 2.24) is 4.98 Å². The van der Waals surface area contributed by atoms with Gasteiger partial charge in [0.15, 0.2) is 5.11 Å². The number of nitrogens with zero attached hydrogens (tertiary/aromatic N) is 1. The third-order valence-electron chi connectivity index (χ3n) is 3.68. The normalized spacial score (nSPS) is 10.8. The van der Waals surface area contributed by atoms with Crippen LogP contribution in [0, 0.1) is 0 Å². The zero-order chi connectivity index (χ0) is 20.0. The molecule has 0 atom stereocenters. The summed E-state index contributed by atoms with van der Waals surface area (Å²) in [5.74, 6) is 0.647. The van der Waals surface area contributed by atoms with Gasteiger partial charge in [-0.15, -0.1) is 0 Å². The average molecular weight is 415 g/mol. The molecule has 1 aromatic heterocycles. The van der Waals surface area contributed by atoms with Gasteiger partial charge in [0.1, 0.15) is 5.75 Å². The SMILES string of the molecule is COc1ccc(NS(=O)(=O)c2ccc(NC(=S)Nc3cccnc3)cc2)cc1. The minimum atomic E-state index is -3.70. The molecule has 28 heavy (non-hydrogen) atoms. The van der Waals surface area contributed by atoms with Crippen molar-refractivity contribution in [2.75, 3.05) is 22.5 Å². The highest BCUT2D eigenvalue weighted by Crippen LogP contribution is 2.20. The summed E-state index contributed by atoms with van der Waals surface area (Å²) >= 11 is 5.24. The van der Waals surface area contributed by atoms with Crippen LogP contribution in [0.5, 0.6) is 5.75 Å². The summed E-state index contributed by atoms with van der Waals surface area (Å²) in [7, 11) is -2.15. The van der Waals surface area contributed by atoms with E-state index in [0.717, 1.165) is 5.69 Å². The molecule has 0 unspecified atom stereocenters. The molecule has 0 aliphatic heterocycles. The Morgan fingerprint density at radius 1 is 0.929 bits per heavy atom. The highest BCUT2D eigenvalue weighted by atomic mass is 32.2. The Morgan fingerprint density at radius 2 is 1.57 bits per heavy atom. The number of rotatable bonds is 6. The molecule has 0 fully saturated rings. The lowest BCUT2D eigenvalue weighted by molar-refractivity contribution is 0.415. The molecule has 9 heteroatoms. The number of benzene rings is 2. The first kappa shape index (κ1) is 19.6. The molecular weight excluding hydrogens is 396 g/mol. The number of sulfonamides is 1. The summed E-state index contributed by atoms with van der Waals surface area (Å²) < 4.78 is 32.6. The van der Waals surface area contributed by atoms with Crippen LogP contribution in [0.3, 0.4) is 0 Å². The highest BCUT2D eigenvalue weighted by molar-refractivity contribution is 7.92. The van der Waals surface area contributed by atoms with Crippen LogP contribution in [0.4, 0.5) is 17.1 Å². The Balaban J connectivity index is 1.64. The molecule has 0 aliphatic rings. The molecular formula is C19H18N4O3S2. The number of ether oxygens (including phenoxy) is 1. The Kier molecular flexibility index (Phi) is 6.07. The fraction of sp³-hybridized carbons (Fsp3) is 0.0526. The molecule has 144 valence electrons. The van der Waals surface area contributed by atoms with E-state index in [9.17, 15) is 8.42 Å². The monoisotopic (exact) mass is 414 g/mol. The number of thiocarbonyl (C=S) groups is 1. The maximum atomic E-state index is 12.5. The van der Waals surface area contributed by atoms with Crippen LogP contribution >= 0.6 is 12.2 Å². The molecule has 7 nitrogen and oxygen atoms in total. The summed E-state index contributed by atoms with van der Waals surface area (Å²) in [5.41, 5.74) is 1.86. The first-order chi connectivity index (χ1) is 13.5. The minimum absolute atomic E-state index is 0.139. The van der Waals surface area contributed by atoms with Gasteiger partial charge in [-0.25, -0.2) is 8.42 Å². The van der Waals surface area contributed by atoms with Crippen molar-refractivity contribution < 1.29 is 13.2 Å². The third kappa shape index (κ3) is 5.18. The van der Waals surface area contributed by atoms with Crippen LogP contribution in [-0.2, 0) is 10.0 Å². The van der Waals surface area contributed by atoms with Gasteiger partial charge in [-0.1, -0.05) is 0 Å². The van der Waals surface area contributed by atoms with Crippen molar-refractivity contribution in [3.05, 3.63) is 73.1 Å². The second kappa shape index (κ2) is 8.68. The van der Waals surface area contributed by atoms with E-state index >= 15 is 0 Å². The van der Waals surface area contributed by atoms with E-state index in [1.807, 2.05) is 6.07 Å². The molecule has 3 aromatic rings. The summed E-state index contributed by atoms with van der Waals surface area (Å²) in [6, 6.07) is 16.5. The van der Waals surface area contributed by atoms with Crippen molar-refractivity contribution >= 4 is 44.4 Å². The highest BCUT2D eigenvalue weighted by Gasteiger charge is 2.14.